The van der Waals surface area contributed by atoms with Crippen molar-refractivity contribution in [3.8, 4) is 0 Å². The summed E-state index contributed by atoms with van der Waals surface area (Å²) in [6, 6.07) is 0.435. The Morgan fingerprint density at radius 2 is 2.17 bits per heavy atom. The maximum atomic E-state index is 4.12. The molecule has 0 radical (unpaired) electrons. The summed E-state index contributed by atoms with van der Waals surface area (Å²) < 4.78 is 0. The van der Waals surface area contributed by atoms with E-state index in [4.69, 9.17) is 0 Å². The zero-order valence-corrected chi connectivity index (χ0v) is 12.2. The van der Waals surface area contributed by atoms with Crippen LogP contribution in [0.5, 0.6) is 0 Å². The van der Waals surface area contributed by atoms with Crippen molar-refractivity contribution in [3.05, 3.63) is 16.6 Å². The highest BCUT2D eigenvalue weighted by Crippen LogP contribution is 2.15. The van der Waals surface area contributed by atoms with Crippen molar-refractivity contribution in [2.24, 2.45) is 0 Å². The van der Waals surface area contributed by atoms with Crippen LogP contribution in [0.15, 0.2) is 11.7 Å². The Morgan fingerprint density at radius 1 is 1.39 bits per heavy atom. The van der Waals surface area contributed by atoms with Crippen LogP contribution in [-0.4, -0.2) is 61.1 Å². The number of rotatable bonds is 6. The zero-order valence-electron chi connectivity index (χ0n) is 11.4. The molecule has 1 fully saturated rings. The molecule has 102 valence electrons. The summed E-state index contributed by atoms with van der Waals surface area (Å²) in [5.41, 5.74) is 1.90. The third-order valence-corrected chi connectivity index (χ3v) is 4.53. The lowest BCUT2D eigenvalue weighted by atomic mass is 10.2. The molecule has 0 spiro atoms. The fourth-order valence-corrected chi connectivity index (χ4v) is 2.89. The average Bonchev–Trinajstić information content (AvgIpc) is 2.90. The predicted octanol–water partition coefficient (Wildman–Crippen LogP) is 1.43. The van der Waals surface area contributed by atoms with Gasteiger partial charge in [0.2, 0.25) is 0 Å². The number of thiazole rings is 1. The summed E-state index contributed by atoms with van der Waals surface area (Å²) in [5.74, 6) is 0. The lowest BCUT2D eigenvalue weighted by Gasteiger charge is -2.32. The summed E-state index contributed by atoms with van der Waals surface area (Å²) in [4.78, 5) is 10.4. The third kappa shape index (κ3) is 4.31. The minimum atomic E-state index is 0.435. The number of hydrogen-bond donors (Lipinski definition) is 1. The molecule has 2 rings (SSSR count). The molecule has 1 aliphatic rings. The van der Waals surface area contributed by atoms with Crippen molar-refractivity contribution in [2.75, 3.05) is 46.3 Å². The lowest BCUT2D eigenvalue weighted by Crippen LogP contribution is -2.45. The molecule has 1 unspecified atom stereocenters. The molecule has 1 aromatic rings. The molecule has 18 heavy (non-hydrogen) atoms. The van der Waals surface area contributed by atoms with Crippen LogP contribution in [0.25, 0.3) is 0 Å². The van der Waals surface area contributed by atoms with Crippen LogP contribution in [0.3, 0.4) is 0 Å². The van der Waals surface area contributed by atoms with E-state index in [1.54, 1.807) is 11.3 Å². The molecular formula is C13H24N4S. The second kappa shape index (κ2) is 7.19. The Kier molecular flexibility index (Phi) is 5.56. The van der Waals surface area contributed by atoms with Crippen molar-refractivity contribution in [2.45, 2.75) is 19.4 Å². The maximum Gasteiger partial charge on any atom is 0.0794 e. The van der Waals surface area contributed by atoms with Gasteiger partial charge < -0.3 is 15.1 Å². The highest BCUT2D eigenvalue weighted by molar-refractivity contribution is 7.09. The van der Waals surface area contributed by atoms with Gasteiger partial charge in [-0.25, -0.2) is 0 Å². The van der Waals surface area contributed by atoms with Crippen molar-refractivity contribution < 1.29 is 0 Å². The van der Waals surface area contributed by atoms with E-state index in [2.05, 4.69) is 34.1 Å². The number of piperazine rings is 1. The molecule has 1 N–H and O–H groups in total. The number of likely N-dealkylation sites (N-methyl/N-ethyl adjacent to an activating group) is 1. The van der Waals surface area contributed by atoms with Crippen LogP contribution in [0.2, 0.25) is 0 Å². The van der Waals surface area contributed by atoms with Crippen LogP contribution in [0, 0.1) is 0 Å². The first-order valence-corrected chi connectivity index (χ1v) is 7.66. The molecule has 2 heterocycles. The van der Waals surface area contributed by atoms with E-state index in [0.29, 0.717) is 6.04 Å². The standard InChI is InChI=1S/C13H24N4S/c1-12(13-10-14-11-18-13)15-4-3-5-17-8-6-16(2)7-9-17/h10-12,15H,3-9H2,1-2H3. The van der Waals surface area contributed by atoms with Crippen molar-refractivity contribution in [1.29, 1.82) is 0 Å². The maximum absolute atomic E-state index is 4.12. The van der Waals surface area contributed by atoms with Crippen LogP contribution in [0.1, 0.15) is 24.3 Å². The van der Waals surface area contributed by atoms with E-state index in [-0.39, 0.29) is 0 Å². The topological polar surface area (TPSA) is 31.4 Å². The lowest BCUT2D eigenvalue weighted by molar-refractivity contribution is 0.152. The quantitative estimate of drug-likeness (QED) is 0.791. The normalized spacial score (nSPS) is 20.1. The van der Waals surface area contributed by atoms with Gasteiger partial charge in [0.25, 0.3) is 0 Å². The van der Waals surface area contributed by atoms with E-state index in [9.17, 15) is 0 Å². The fourth-order valence-electron chi connectivity index (χ4n) is 2.23. The van der Waals surface area contributed by atoms with Gasteiger partial charge in [-0.3, -0.25) is 4.98 Å². The van der Waals surface area contributed by atoms with Crippen molar-refractivity contribution >= 4 is 11.3 Å². The van der Waals surface area contributed by atoms with E-state index in [1.807, 2.05) is 11.7 Å². The molecule has 0 bridgehead atoms. The number of hydrogen-bond acceptors (Lipinski definition) is 5. The van der Waals surface area contributed by atoms with Crippen LogP contribution >= 0.6 is 11.3 Å². The van der Waals surface area contributed by atoms with Crippen LogP contribution in [-0.2, 0) is 0 Å². The highest BCUT2D eigenvalue weighted by atomic mass is 32.1. The minimum absolute atomic E-state index is 0.435. The third-order valence-electron chi connectivity index (χ3n) is 3.58. The molecular weight excluding hydrogens is 244 g/mol. The Morgan fingerprint density at radius 3 is 2.83 bits per heavy atom. The van der Waals surface area contributed by atoms with Gasteiger partial charge in [0, 0.05) is 43.3 Å². The number of nitrogens with one attached hydrogen (secondary N) is 1. The minimum Gasteiger partial charge on any atom is -0.309 e. The van der Waals surface area contributed by atoms with E-state index in [1.165, 1.54) is 44.0 Å². The molecule has 1 aliphatic heterocycles. The van der Waals surface area contributed by atoms with E-state index >= 15 is 0 Å². The van der Waals surface area contributed by atoms with Gasteiger partial charge in [-0.2, -0.15) is 0 Å². The predicted molar refractivity (Wildman–Crippen MR) is 77.1 cm³/mol. The zero-order chi connectivity index (χ0) is 12.8. The highest BCUT2D eigenvalue weighted by Gasteiger charge is 2.13. The molecule has 0 saturated carbocycles. The average molecular weight is 268 g/mol. The van der Waals surface area contributed by atoms with Gasteiger partial charge in [0.05, 0.1) is 5.51 Å². The molecule has 0 aromatic carbocycles. The molecule has 0 amide bonds. The van der Waals surface area contributed by atoms with Gasteiger partial charge >= 0.3 is 0 Å². The van der Waals surface area contributed by atoms with Gasteiger partial charge in [-0.1, -0.05) is 0 Å². The van der Waals surface area contributed by atoms with Gasteiger partial charge in [0.15, 0.2) is 0 Å². The van der Waals surface area contributed by atoms with Gasteiger partial charge in [-0.15, -0.1) is 11.3 Å². The Balaban J connectivity index is 1.56. The second-order valence-electron chi connectivity index (χ2n) is 5.08. The molecule has 0 aliphatic carbocycles. The summed E-state index contributed by atoms with van der Waals surface area (Å²) in [7, 11) is 2.20. The smallest absolute Gasteiger partial charge is 0.0794 e. The van der Waals surface area contributed by atoms with Gasteiger partial charge in [-0.05, 0) is 33.5 Å². The Hall–Kier alpha value is -0.490. The van der Waals surface area contributed by atoms with Crippen LogP contribution < -0.4 is 5.32 Å². The first kappa shape index (κ1) is 13.9. The number of nitrogens with zero attached hydrogens (tertiary/aromatic N) is 3. The molecule has 4 nitrogen and oxygen atoms in total. The SMILES string of the molecule is CC(NCCCN1CCN(C)CC1)c1cncs1. The summed E-state index contributed by atoms with van der Waals surface area (Å²) in [6.07, 6.45) is 3.19. The molecule has 1 saturated heterocycles. The largest absolute Gasteiger partial charge is 0.309 e. The summed E-state index contributed by atoms with van der Waals surface area (Å²) in [5, 5.41) is 3.57. The van der Waals surface area contributed by atoms with Crippen molar-refractivity contribution in [1.82, 2.24) is 20.1 Å². The second-order valence-corrected chi connectivity index (χ2v) is 6.00. The summed E-state index contributed by atoms with van der Waals surface area (Å²) >= 11 is 1.73. The van der Waals surface area contributed by atoms with Gasteiger partial charge in [0.1, 0.15) is 0 Å². The first-order valence-electron chi connectivity index (χ1n) is 6.78. The Bertz CT molecular complexity index is 320. The number of aromatic nitrogens is 1. The van der Waals surface area contributed by atoms with E-state index < -0.39 is 0 Å². The monoisotopic (exact) mass is 268 g/mol. The van der Waals surface area contributed by atoms with E-state index in [0.717, 1.165) is 6.54 Å². The van der Waals surface area contributed by atoms with Crippen LogP contribution in [0.4, 0.5) is 0 Å². The molecule has 1 atom stereocenters. The van der Waals surface area contributed by atoms with Crippen molar-refractivity contribution in [3.63, 3.8) is 0 Å². The molecule has 5 heteroatoms. The summed E-state index contributed by atoms with van der Waals surface area (Å²) in [6.45, 7) is 9.39. The molecule has 1 aromatic heterocycles. The Labute approximate surface area is 114 Å². The first-order chi connectivity index (χ1) is 8.75. The fraction of sp³-hybridized carbons (Fsp3) is 0.769.